The van der Waals surface area contributed by atoms with E-state index in [9.17, 15) is 28.1 Å². The second-order valence-electron chi connectivity index (χ2n) is 3.07. The number of nitrogens with one attached hydrogen (secondary N) is 1. The van der Waals surface area contributed by atoms with Gasteiger partial charge in [0.05, 0.1) is 4.92 Å². The van der Waals surface area contributed by atoms with Gasteiger partial charge in [-0.05, 0) is 12.1 Å². The van der Waals surface area contributed by atoms with Crippen LogP contribution in [0.15, 0.2) is 18.2 Å². The van der Waals surface area contributed by atoms with E-state index in [4.69, 9.17) is 6.85 Å². The van der Waals surface area contributed by atoms with E-state index in [-0.39, 0.29) is 6.07 Å². The third kappa shape index (κ3) is 3.19. The van der Waals surface area contributed by atoms with Gasteiger partial charge in [-0.2, -0.15) is 13.2 Å². The molecule has 0 aliphatic rings. The number of nitro groups is 1. The Balaban J connectivity index is 3.22. The SMILES string of the molecule is [2H]C([2H])([2H])C([2H])([2H])C(=O)Nc1ccc([N+](=O)[O-])c(C(F)(F)F)c1. The quantitative estimate of drug-likeness (QED) is 0.676. The standard InChI is InChI=1S/C10H9F3N2O3/c1-2-9(16)14-6-3-4-8(15(17)18)7(5-6)10(11,12)13/h3-5H,2H2,1H3,(H,14,16)/i1D3,2D2. The van der Waals surface area contributed by atoms with Crippen LogP contribution in [-0.4, -0.2) is 10.8 Å². The van der Waals surface area contributed by atoms with Gasteiger partial charge in [-0.15, -0.1) is 0 Å². The summed E-state index contributed by atoms with van der Waals surface area (Å²) >= 11 is 0. The second kappa shape index (κ2) is 5.03. The first kappa shape index (κ1) is 8.06. The molecule has 1 amide bonds. The van der Waals surface area contributed by atoms with Crippen LogP contribution in [0.5, 0.6) is 0 Å². The van der Waals surface area contributed by atoms with Crippen molar-refractivity contribution in [3.05, 3.63) is 33.9 Å². The highest BCUT2D eigenvalue weighted by Crippen LogP contribution is 2.37. The van der Waals surface area contributed by atoms with E-state index < -0.39 is 47.2 Å². The minimum Gasteiger partial charge on any atom is -0.326 e. The van der Waals surface area contributed by atoms with Crippen molar-refractivity contribution in [3.63, 3.8) is 0 Å². The van der Waals surface area contributed by atoms with Crippen molar-refractivity contribution in [3.8, 4) is 0 Å². The Labute approximate surface area is 107 Å². The lowest BCUT2D eigenvalue weighted by atomic mass is 10.1. The zero-order valence-corrected chi connectivity index (χ0v) is 8.54. The fraction of sp³-hybridized carbons (Fsp3) is 0.300. The number of hydrogen-bond acceptors (Lipinski definition) is 3. The smallest absolute Gasteiger partial charge is 0.326 e. The Morgan fingerprint density at radius 2 is 2.28 bits per heavy atom. The average Bonchev–Trinajstić information content (AvgIpc) is 2.35. The summed E-state index contributed by atoms with van der Waals surface area (Å²) in [4.78, 5) is 20.9. The van der Waals surface area contributed by atoms with Gasteiger partial charge in [-0.3, -0.25) is 14.9 Å². The number of alkyl halides is 3. The summed E-state index contributed by atoms with van der Waals surface area (Å²) in [7, 11) is 0. The summed E-state index contributed by atoms with van der Waals surface area (Å²) in [5, 5.41) is 12.2. The molecule has 0 atom stereocenters. The van der Waals surface area contributed by atoms with Gasteiger partial charge >= 0.3 is 6.18 Å². The first-order valence-corrected chi connectivity index (χ1v) is 4.35. The molecular weight excluding hydrogens is 253 g/mol. The molecule has 0 aliphatic heterocycles. The number of rotatable bonds is 3. The van der Waals surface area contributed by atoms with Crippen LogP contribution >= 0.6 is 0 Å². The minimum atomic E-state index is -5.09. The lowest BCUT2D eigenvalue weighted by molar-refractivity contribution is -0.388. The summed E-state index contributed by atoms with van der Waals surface area (Å²) in [6, 6.07) is 1.44. The molecule has 0 saturated carbocycles. The topological polar surface area (TPSA) is 72.2 Å². The van der Waals surface area contributed by atoms with E-state index in [0.29, 0.717) is 6.07 Å². The molecule has 0 heterocycles. The van der Waals surface area contributed by atoms with E-state index in [2.05, 4.69) is 0 Å². The van der Waals surface area contributed by atoms with Crippen molar-refractivity contribution in [2.24, 2.45) is 0 Å². The third-order valence-electron chi connectivity index (χ3n) is 1.87. The molecule has 0 bridgehead atoms. The molecule has 5 nitrogen and oxygen atoms in total. The van der Waals surface area contributed by atoms with Gasteiger partial charge in [0.1, 0.15) is 5.56 Å². The van der Waals surface area contributed by atoms with E-state index in [1.54, 1.807) is 5.32 Å². The molecule has 1 aromatic carbocycles. The third-order valence-corrected chi connectivity index (χ3v) is 1.87. The van der Waals surface area contributed by atoms with Crippen LogP contribution < -0.4 is 5.32 Å². The predicted octanol–water partition coefficient (Wildman–Crippen LogP) is 2.96. The van der Waals surface area contributed by atoms with Crippen LogP contribution in [0.4, 0.5) is 24.5 Å². The summed E-state index contributed by atoms with van der Waals surface area (Å²) in [6.45, 7) is -3.34. The maximum atomic E-state index is 12.8. The van der Waals surface area contributed by atoms with Crippen LogP contribution in [0.2, 0.25) is 0 Å². The molecule has 0 unspecified atom stereocenters. The Hall–Kier alpha value is -2.12. The predicted molar refractivity (Wildman–Crippen MR) is 57.0 cm³/mol. The zero-order chi connectivity index (χ0) is 18.2. The number of anilines is 1. The number of carbonyl (C=O) groups is 1. The molecule has 0 radical (unpaired) electrons. The molecule has 0 aliphatic carbocycles. The number of carbonyl (C=O) groups excluding carboxylic acids is 1. The van der Waals surface area contributed by atoms with E-state index >= 15 is 0 Å². The fourth-order valence-corrected chi connectivity index (χ4v) is 1.16. The number of nitrogens with zero attached hydrogens (tertiary/aromatic N) is 1. The number of nitro benzene ring substituents is 1. The van der Waals surface area contributed by atoms with E-state index in [0.717, 1.165) is 6.07 Å². The monoisotopic (exact) mass is 267 g/mol. The fourth-order valence-electron chi connectivity index (χ4n) is 1.16. The van der Waals surface area contributed by atoms with Crippen LogP contribution in [0.1, 0.15) is 25.6 Å². The lowest BCUT2D eigenvalue weighted by Crippen LogP contribution is -2.13. The summed E-state index contributed by atoms with van der Waals surface area (Å²) in [5.74, 6) is -1.69. The largest absolute Gasteiger partial charge is 0.423 e. The van der Waals surface area contributed by atoms with E-state index in [1.165, 1.54) is 0 Å². The van der Waals surface area contributed by atoms with Crippen molar-refractivity contribution >= 4 is 17.3 Å². The molecule has 18 heavy (non-hydrogen) atoms. The molecule has 0 saturated heterocycles. The average molecular weight is 267 g/mol. The van der Waals surface area contributed by atoms with Crippen molar-refractivity contribution in [1.29, 1.82) is 0 Å². The Kier molecular flexibility index (Phi) is 2.25. The molecule has 98 valence electrons. The highest BCUT2D eigenvalue weighted by Gasteiger charge is 2.38. The van der Waals surface area contributed by atoms with Crippen LogP contribution in [0.25, 0.3) is 0 Å². The molecule has 0 aromatic heterocycles. The summed E-state index contributed by atoms with van der Waals surface area (Å²) in [5.41, 5.74) is -3.54. The molecule has 1 aromatic rings. The number of benzene rings is 1. The molecule has 8 heteroatoms. The number of hydrogen-bond donors (Lipinski definition) is 1. The van der Waals surface area contributed by atoms with Gasteiger partial charge in [0.25, 0.3) is 5.69 Å². The molecule has 0 fully saturated rings. The molecular formula is C10H9F3N2O3. The maximum absolute atomic E-state index is 12.8. The van der Waals surface area contributed by atoms with Crippen molar-refractivity contribution in [2.45, 2.75) is 19.4 Å². The molecule has 0 spiro atoms. The van der Waals surface area contributed by atoms with Crippen LogP contribution in [0.3, 0.4) is 0 Å². The highest BCUT2D eigenvalue weighted by atomic mass is 19.4. The normalized spacial score (nSPS) is 16.7. The second-order valence-corrected chi connectivity index (χ2v) is 3.07. The van der Waals surface area contributed by atoms with Gasteiger partial charge in [-0.25, -0.2) is 0 Å². The van der Waals surface area contributed by atoms with E-state index in [1.807, 2.05) is 0 Å². The van der Waals surface area contributed by atoms with Crippen LogP contribution in [0, 0.1) is 10.1 Å². The van der Waals surface area contributed by atoms with Crippen molar-refractivity contribution < 1.29 is 29.7 Å². The van der Waals surface area contributed by atoms with Gasteiger partial charge in [0.2, 0.25) is 5.91 Å². The van der Waals surface area contributed by atoms with Gasteiger partial charge in [0.15, 0.2) is 0 Å². The summed E-state index contributed by atoms with van der Waals surface area (Å²) < 4.78 is 73.3. The number of amides is 1. The lowest BCUT2D eigenvalue weighted by Gasteiger charge is -2.10. The highest BCUT2D eigenvalue weighted by molar-refractivity contribution is 5.90. The Bertz CT molecular complexity index is 646. The van der Waals surface area contributed by atoms with Crippen molar-refractivity contribution in [2.75, 3.05) is 5.32 Å². The van der Waals surface area contributed by atoms with Gasteiger partial charge in [0, 0.05) is 25.0 Å². The Morgan fingerprint density at radius 1 is 1.61 bits per heavy atom. The van der Waals surface area contributed by atoms with Gasteiger partial charge < -0.3 is 5.32 Å². The number of halogens is 3. The van der Waals surface area contributed by atoms with Gasteiger partial charge in [-0.1, -0.05) is 6.85 Å². The maximum Gasteiger partial charge on any atom is 0.423 e. The Morgan fingerprint density at radius 3 is 2.78 bits per heavy atom. The molecule has 1 rings (SSSR count). The molecule has 1 N–H and O–H groups in total. The van der Waals surface area contributed by atoms with Crippen molar-refractivity contribution in [1.82, 2.24) is 0 Å². The first-order valence-electron chi connectivity index (χ1n) is 6.85. The zero-order valence-electron chi connectivity index (χ0n) is 13.5. The summed E-state index contributed by atoms with van der Waals surface area (Å²) in [6.07, 6.45) is -8.45. The first-order chi connectivity index (χ1) is 10.2. The van der Waals surface area contributed by atoms with Crippen LogP contribution in [-0.2, 0) is 11.0 Å². The minimum absolute atomic E-state index is 0.228.